The molecule has 2 N–H and O–H groups in total. The molecule has 0 radical (unpaired) electrons. The van der Waals surface area contributed by atoms with Crippen molar-refractivity contribution in [2.75, 3.05) is 19.0 Å². The number of benzene rings is 2. The first-order valence-electron chi connectivity index (χ1n) is 12.8. The lowest BCUT2D eigenvalue weighted by atomic mass is 9.70. The molecular weight excluding hydrogens is 513 g/mol. The van der Waals surface area contributed by atoms with Crippen LogP contribution in [0.1, 0.15) is 62.9 Å². The highest BCUT2D eigenvalue weighted by molar-refractivity contribution is 5.98. The summed E-state index contributed by atoms with van der Waals surface area (Å²) in [5, 5.41) is 6.00. The highest BCUT2D eigenvalue weighted by Crippen LogP contribution is 2.46. The average Bonchev–Trinajstić information content (AvgIpc) is 3.19. The predicted molar refractivity (Wildman–Crippen MR) is 141 cm³/mol. The number of carbonyl (C=O) groups excluding carboxylic acids is 2. The molecule has 0 spiro atoms. The van der Waals surface area contributed by atoms with Gasteiger partial charge in [-0.05, 0) is 73.1 Å². The monoisotopic (exact) mass is 546 g/mol. The van der Waals surface area contributed by atoms with Crippen LogP contribution in [-0.4, -0.2) is 41.4 Å². The van der Waals surface area contributed by atoms with Crippen molar-refractivity contribution in [1.29, 1.82) is 0 Å². The molecule has 2 aromatic carbocycles. The zero-order valence-electron chi connectivity index (χ0n) is 22.4. The second-order valence-electron chi connectivity index (χ2n) is 10.9. The minimum atomic E-state index is -4.77. The van der Waals surface area contributed by atoms with E-state index < -0.39 is 12.3 Å². The Hall–Kier alpha value is -3.76. The van der Waals surface area contributed by atoms with Crippen molar-refractivity contribution in [3.63, 3.8) is 0 Å². The number of aromatic nitrogens is 2. The van der Waals surface area contributed by atoms with Gasteiger partial charge in [0, 0.05) is 23.8 Å². The number of nitrogens with one attached hydrogen (secondary N) is 2. The summed E-state index contributed by atoms with van der Waals surface area (Å²) in [5.41, 5.74) is 2.51. The molecule has 4 rings (SSSR count). The molecule has 0 aliphatic heterocycles. The number of nitrogens with zero attached hydrogens (tertiary/aromatic N) is 2. The molecular formula is C28H33F3N4O4. The van der Waals surface area contributed by atoms with E-state index in [2.05, 4.69) is 45.4 Å². The summed E-state index contributed by atoms with van der Waals surface area (Å²) in [5.74, 6) is -0.0419. The van der Waals surface area contributed by atoms with Gasteiger partial charge in [0.15, 0.2) is 0 Å². The molecule has 2 atom stereocenters. The molecule has 1 aliphatic rings. The van der Waals surface area contributed by atoms with Crippen molar-refractivity contribution in [3.05, 3.63) is 48.0 Å². The molecule has 3 aromatic rings. The molecule has 210 valence electrons. The maximum atomic E-state index is 12.8. The van der Waals surface area contributed by atoms with Crippen LogP contribution in [0.4, 0.5) is 24.8 Å². The third-order valence-electron chi connectivity index (χ3n) is 6.87. The molecule has 39 heavy (non-hydrogen) atoms. The Morgan fingerprint density at radius 1 is 1.13 bits per heavy atom. The van der Waals surface area contributed by atoms with Crippen LogP contribution in [0.2, 0.25) is 0 Å². The van der Waals surface area contributed by atoms with E-state index >= 15 is 0 Å². The fraction of sp³-hybridized carbons (Fsp3) is 0.464. The van der Waals surface area contributed by atoms with Gasteiger partial charge in [0.05, 0.1) is 24.6 Å². The first kappa shape index (κ1) is 28.3. The molecule has 11 heteroatoms. The van der Waals surface area contributed by atoms with Crippen LogP contribution in [0.3, 0.4) is 0 Å². The summed E-state index contributed by atoms with van der Waals surface area (Å²) in [7, 11) is 1.29. The van der Waals surface area contributed by atoms with Crippen LogP contribution < -0.4 is 15.4 Å². The molecule has 0 bridgehead atoms. The average molecular weight is 547 g/mol. The number of alkyl halides is 3. The van der Waals surface area contributed by atoms with E-state index in [1.54, 1.807) is 18.2 Å². The van der Waals surface area contributed by atoms with Crippen molar-refractivity contribution < 1.29 is 32.2 Å². The van der Waals surface area contributed by atoms with Gasteiger partial charge in [0.1, 0.15) is 5.75 Å². The van der Waals surface area contributed by atoms with Gasteiger partial charge in [-0.25, -0.2) is 4.98 Å². The van der Waals surface area contributed by atoms with E-state index in [1.807, 2.05) is 0 Å². The lowest BCUT2D eigenvalue weighted by Crippen LogP contribution is -2.30. The Bertz CT molecular complexity index is 1340. The largest absolute Gasteiger partial charge is 0.573 e. The first-order valence-corrected chi connectivity index (χ1v) is 12.8. The van der Waals surface area contributed by atoms with E-state index in [-0.39, 0.29) is 36.1 Å². The number of carbonyl (C=O) groups is 2. The minimum absolute atomic E-state index is 0.0678. The van der Waals surface area contributed by atoms with Crippen molar-refractivity contribution in [3.8, 4) is 5.75 Å². The molecule has 1 saturated carbocycles. The van der Waals surface area contributed by atoms with Gasteiger partial charge in [-0.3, -0.25) is 9.59 Å². The zero-order chi connectivity index (χ0) is 28.4. The molecule has 1 amide bonds. The summed E-state index contributed by atoms with van der Waals surface area (Å²) in [4.78, 5) is 29.0. The predicted octanol–water partition coefficient (Wildman–Crippen LogP) is 6.36. The number of ether oxygens (including phenoxy) is 2. The summed E-state index contributed by atoms with van der Waals surface area (Å²) in [6.07, 6.45) is -1.80. The molecule has 1 fully saturated rings. The normalized spacial score (nSPS) is 18.9. The minimum Gasteiger partial charge on any atom is -0.469 e. The van der Waals surface area contributed by atoms with E-state index in [9.17, 15) is 22.8 Å². The Morgan fingerprint density at radius 2 is 1.85 bits per heavy atom. The van der Waals surface area contributed by atoms with E-state index in [4.69, 9.17) is 4.98 Å². The van der Waals surface area contributed by atoms with Crippen LogP contribution >= 0.6 is 0 Å². The van der Waals surface area contributed by atoms with E-state index in [0.29, 0.717) is 28.6 Å². The molecule has 1 heterocycles. The number of methoxy groups -OCH3 is 1. The Labute approximate surface area is 224 Å². The van der Waals surface area contributed by atoms with Gasteiger partial charge in [-0.2, -0.15) is 0 Å². The number of rotatable bonds is 8. The third kappa shape index (κ3) is 7.21. The molecule has 0 unspecified atom stereocenters. The maximum absolute atomic E-state index is 12.8. The van der Waals surface area contributed by atoms with E-state index in [0.717, 1.165) is 24.8 Å². The molecule has 8 nitrogen and oxygen atoms in total. The third-order valence-corrected chi connectivity index (χ3v) is 6.87. The highest BCUT2D eigenvalue weighted by atomic mass is 19.4. The smallest absolute Gasteiger partial charge is 0.469 e. The molecule has 0 saturated heterocycles. The van der Waals surface area contributed by atoms with Gasteiger partial charge in [0.25, 0.3) is 5.91 Å². The fourth-order valence-corrected chi connectivity index (χ4v) is 5.54. The quantitative estimate of drug-likeness (QED) is 0.320. The highest BCUT2D eigenvalue weighted by Gasteiger charge is 2.35. The number of imidazole rings is 1. The Balaban J connectivity index is 1.68. The van der Waals surface area contributed by atoms with Gasteiger partial charge in [-0.15, -0.1) is 13.2 Å². The number of hydrogen-bond acceptors (Lipinski definition) is 6. The van der Waals surface area contributed by atoms with Crippen LogP contribution in [-0.2, 0) is 9.53 Å². The zero-order valence-corrected chi connectivity index (χ0v) is 22.4. The number of halogens is 3. The standard InChI is InChI=1S/C28H33F3N4O4/c1-17-13-20(16-27(2,3)15-17)35-23-14-18(25(37)32-12-11-24(36)38-4)5-10-22(23)34-26(35)33-19-6-8-21(9-7-19)39-28(29,30)31/h5-10,14,17,20H,11-13,15-16H2,1-4H3,(H,32,37)(H,33,34)/t17-,20+/m1/s1. The Kier molecular flexibility index (Phi) is 8.08. The van der Waals surface area contributed by atoms with Gasteiger partial charge < -0.3 is 24.7 Å². The fourth-order valence-electron chi connectivity index (χ4n) is 5.54. The second-order valence-corrected chi connectivity index (χ2v) is 10.9. The topological polar surface area (TPSA) is 94.5 Å². The first-order chi connectivity index (χ1) is 18.3. The van der Waals surface area contributed by atoms with Gasteiger partial charge in [0.2, 0.25) is 5.95 Å². The maximum Gasteiger partial charge on any atom is 0.573 e. The number of anilines is 2. The SMILES string of the molecule is COC(=O)CCNC(=O)c1ccc2nc(Nc3ccc(OC(F)(F)F)cc3)n([C@H]3C[C@@H](C)CC(C)(C)C3)c2c1. The van der Waals surface area contributed by atoms with Crippen molar-refractivity contribution in [2.45, 2.75) is 58.9 Å². The number of fused-ring (bicyclic) bond motifs is 1. The number of hydrogen-bond donors (Lipinski definition) is 2. The summed E-state index contributed by atoms with van der Waals surface area (Å²) >= 11 is 0. The van der Waals surface area contributed by atoms with Crippen molar-refractivity contribution >= 4 is 34.5 Å². The van der Waals surface area contributed by atoms with Crippen LogP contribution in [0.15, 0.2) is 42.5 Å². The molecule has 1 aromatic heterocycles. The summed E-state index contributed by atoms with van der Waals surface area (Å²) < 4.78 is 48.4. The van der Waals surface area contributed by atoms with Gasteiger partial charge >= 0.3 is 12.3 Å². The van der Waals surface area contributed by atoms with Crippen LogP contribution in [0.5, 0.6) is 5.75 Å². The Morgan fingerprint density at radius 3 is 2.49 bits per heavy atom. The lowest BCUT2D eigenvalue weighted by molar-refractivity contribution is -0.274. The van der Waals surface area contributed by atoms with Crippen LogP contribution in [0, 0.1) is 11.3 Å². The second kappa shape index (κ2) is 11.2. The number of esters is 1. The summed E-state index contributed by atoms with van der Waals surface area (Å²) in [6.45, 7) is 6.85. The van der Waals surface area contributed by atoms with Crippen LogP contribution in [0.25, 0.3) is 11.0 Å². The van der Waals surface area contributed by atoms with Crippen molar-refractivity contribution in [1.82, 2.24) is 14.9 Å². The van der Waals surface area contributed by atoms with E-state index in [1.165, 1.54) is 31.4 Å². The summed E-state index contributed by atoms with van der Waals surface area (Å²) in [6, 6.07) is 10.8. The number of amides is 1. The van der Waals surface area contributed by atoms with Crippen molar-refractivity contribution in [2.24, 2.45) is 11.3 Å². The van der Waals surface area contributed by atoms with Gasteiger partial charge in [-0.1, -0.05) is 20.8 Å². The lowest BCUT2D eigenvalue weighted by Gasteiger charge is -2.40. The molecule has 1 aliphatic carbocycles.